The average Bonchev–Trinajstić information content (AvgIpc) is 3.11. The molecule has 0 aliphatic carbocycles. The van der Waals surface area contributed by atoms with Crippen molar-refractivity contribution in [3.63, 3.8) is 0 Å². The first-order valence-electron chi connectivity index (χ1n) is 9.05. The number of rotatable bonds is 8. The van der Waals surface area contributed by atoms with Gasteiger partial charge in [0.05, 0.1) is 10.2 Å². The van der Waals surface area contributed by atoms with Crippen LogP contribution in [0.2, 0.25) is 0 Å². The number of carbonyl (C=O) groups excluding carboxylic acids is 1. The monoisotopic (exact) mass is 412 g/mol. The Morgan fingerprint density at radius 1 is 1.24 bits per heavy atom. The second-order valence-electron chi connectivity index (χ2n) is 6.22. The molecule has 0 fully saturated rings. The smallest absolute Gasteiger partial charge is 0.292 e. The Morgan fingerprint density at radius 3 is 2.66 bits per heavy atom. The van der Waals surface area contributed by atoms with Crippen molar-refractivity contribution in [2.24, 2.45) is 0 Å². The van der Waals surface area contributed by atoms with Gasteiger partial charge in [-0.15, -0.1) is 10.2 Å². The van der Waals surface area contributed by atoms with E-state index in [0.29, 0.717) is 17.5 Å². The summed E-state index contributed by atoms with van der Waals surface area (Å²) in [7, 11) is 0. The van der Waals surface area contributed by atoms with Gasteiger partial charge in [0.15, 0.2) is 11.0 Å². The fourth-order valence-electron chi connectivity index (χ4n) is 2.70. The number of carbonyl (C=O) groups is 1. The summed E-state index contributed by atoms with van der Waals surface area (Å²) in [5.74, 6) is 0.365. The Kier molecular flexibility index (Phi) is 6.55. The van der Waals surface area contributed by atoms with E-state index in [9.17, 15) is 14.9 Å². The zero-order valence-electron chi connectivity index (χ0n) is 16.0. The van der Waals surface area contributed by atoms with Crippen LogP contribution in [0.3, 0.4) is 0 Å². The first kappa shape index (κ1) is 20.5. The maximum Gasteiger partial charge on any atom is 0.292 e. The fraction of sp³-hybridized carbons (Fsp3) is 0.263. The van der Waals surface area contributed by atoms with Crippen LogP contribution in [0.5, 0.6) is 0 Å². The number of nitrogens with zero attached hydrogens (tertiary/aromatic N) is 5. The summed E-state index contributed by atoms with van der Waals surface area (Å²) in [5.41, 5.74) is 0.916. The molecular formula is C19H20N6O3S. The van der Waals surface area contributed by atoms with Gasteiger partial charge in [0.1, 0.15) is 5.69 Å². The van der Waals surface area contributed by atoms with E-state index in [4.69, 9.17) is 0 Å². The summed E-state index contributed by atoms with van der Waals surface area (Å²) in [6.45, 7) is 4.48. The topological polar surface area (TPSA) is 116 Å². The summed E-state index contributed by atoms with van der Waals surface area (Å²) in [6.07, 6.45) is 4.26. The van der Waals surface area contributed by atoms with Gasteiger partial charge >= 0.3 is 0 Å². The van der Waals surface area contributed by atoms with Gasteiger partial charge in [-0.05, 0) is 31.5 Å². The van der Waals surface area contributed by atoms with Gasteiger partial charge in [-0.2, -0.15) is 0 Å². The molecule has 0 saturated carbocycles. The molecule has 1 atom stereocenters. The molecule has 3 aromatic rings. The highest BCUT2D eigenvalue weighted by molar-refractivity contribution is 8.00. The average molecular weight is 412 g/mol. The minimum absolute atomic E-state index is 0.146. The highest BCUT2D eigenvalue weighted by Crippen LogP contribution is 2.29. The van der Waals surface area contributed by atoms with E-state index in [-0.39, 0.29) is 17.3 Å². The van der Waals surface area contributed by atoms with E-state index in [1.165, 1.54) is 23.9 Å². The van der Waals surface area contributed by atoms with Gasteiger partial charge in [0, 0.05) is 30.6 Å². The lowest BCUT2D eigenvalue weighted by Gasteiger charge is -2.13. The summed E-state index contributed by atoms with van der Waals surface area (Å²) in [5, 5.41) is 22.4. The lowest BCUT2D eigenvalue weighted by Crippen LogP contribution is -2.23. The Labute approximate surface area is 171 Å². The fourth-order valence-corrected chi connectivity index (χ4v) is 3.58. The van der Waals surface area contributed by atoms with Crippen LogP contribution < -0.4 is 5.32 Å². The van der Waals surface area contributed by atoms with Crippen molar-refractivity contribution in [2.45, 2.75) is 37.2 Å². The van der Waals surface area contributed by atoms with Crippen LogP contribution in [0.25, 0.3) is 11.4 Å². The van der Waals surface area contributed by atoms with Crippen LogP contribution >= 0.6 is 11.8 Å². The molecule has 1 unspecified atom stereocenters. The van der Waals surface area contributed by atoms with Crippen molar-refractivity contribution in [1.29, 1.82) is 0 Å². The largest absolute Gasteiger partial charge is 0.319 e. The first-order chi connectivity index (χ1) is 14.0. The number of amides is 1. The lowest BCUT2D eigenvalue weighted by atomic mass is 10.2. The van der Waals surface area contributed by atoms with Crippen molar-refractivity contribution in [3.8, 4) is 11.4 Å². The number of nitrogens with one attached hydrogen (secondary N) is 1. The molecule has 9 nitrogen and oxygen atoms in total. The molecule has 1 aromatic carbocycles. The van der Waals surface area contributed by atoms with E-state index in [0.717, 1.165) is 12.0 Å². The van der Waals surface area contributed by atoms with Crippen molar-refractivity contribution in [1.82, 2.24) is 19.7 Å². The summed E-state index contributed by atoms with van der Waals surface area (Å²) < 4.78 is 1.97. The molecule has 10 heteroatoms. The lowest BCUT2D eigenvalue weighted by molar-refractivity contribution is -0.383. The van der Waals surface area contributed by atoms with Crippen molar-refractivity contribution in [3.05, 3.63) is 58.9 Å². The van der Waals surface area contributed by atoms with Crippen LogP contribution in [0.1, 0.15) is 20.3 Å². The third-order valence-electron chi connectivity index (χ3n) is 4.11. The van der Waals surface area contributed by atoms with Gasteiger partial charge in [-0.1, -0.05) is 30.8 Å². The van der Waals surface area contributed by atoms with Gasteiger partial charge < -0.3 is 9.88 Å². The number of hydrogen-bond donors (Lipinski definition) is 1. The Balaban J connectivity index is 1.78. The third-order valence-corrected chi connectivity index (χ3v) is 5.19. The van der Waals surface area contributed by atoms with Crippen molar-refractivity contribution in [2.75, 3.05) is 5.32 Å². The van der Waals surface area contributed by atoms with Crippen molar-refractivity contribution >= 4 is 29.0 Å². The number of nitro groups is 1. The van der Waals surface area contributed by atoms with E-state index in [1.54, 1.807) is 31.5 Å². The van der Waals surface area contributed by atoms with Gasteiger partial charge in [-0.3, -0.25) is 19.9 Å². The molecule has 0 bridgehead atoms. The minimum atomic E-state index is -0.528. The molecule has 2 aromatic heterocycles. The molecule has 29 heavy (non-hydrogen) atoms. The number of para-hydroxylation sites is 2. The first-order valence-corrected chi connectivity index (χ1v) is 9.93. The van der Waals surface area contributed by atoms with Gasteiger partial charge in [0.25, 0.3) is 5.69 Å². The number of benzene rings is 1. The van der Waals surface area contributed by atoms with Crippen molar-refractivity contribution < 1.29 is 9.72 Å². The molecule has 2 heterocycles. The number of aromatic nitrogens is 4. The zero-order valence-corrected chi connectivity index (χ0v) is 16.8. The van der Waals surface area contributed by atoms with E-state index in [2.05, 4.69) is 27.4 Å². The predicted molar refractivity (Wildman–Crippen MR) is 111 cm³/mol. The minimum Gasteiger partial charge on any atom is -0.319 e. The van der Waals surface area contributed by atoms with Crippen LogP contribution in [-0.4, -0.2) is 35.8 Å². The third kappa shape index (κ3) is 4.77. The number of pyridine rings is 1. The van der Waals surface area contributed by atoms with Gasteiger partial charge in [-0.25, -0.2) is 0 Å². The van der Waals surface area contributed by atoms with E-state index in [1.807, 2.05) is 16.7 Å². The molecule has 0 spiro atoms. The molecule has 0 saturated heterocycles. The normalized spacial score (nSPS) is 11.8. The molecule has 0 radical (unpaired) electrons. The zero-order chi connectivity index (χ0) is 20.8. The van der Waals surface area contributed by atoms with E-state index < -0.39 is 10.2 Å². The Morgan fingerprint density at radius 2 is 1.97 bits per heavy atom. The molecule has 3 rings (SSSR count). The maximum atomic E-state index is 12.6. The summed E-state index contributed by atoms with van der Waals surface area (Å²) in [6, 6.07) is 9.77. The molecule has 1 N–H and O–H groups in total. The van der Waals surface area contributed by atoms with Gasteiger partial charge in [0.2, 0.25) is 5.91 Å². The molecule has 1 amide bonds. The van der Waals surface area contributed by atoms with Crippen LogP contribution in [-0.2, 0) is 11.3 Å². The molecule has 150 valence electrons. The van der Waals surface area contributed by atoms with E-state index >= 15 is 0 Å². The molecular weight excluding hydrogens is 392 g/mol. The quantitative estimate of drug-likeness (QED) is 0.340. The summed E-state index contributed by atoms with van der Waals surface area (Å²) in [4.78, 5) is 27.3. The van der Waals surface area contributed by atoms with Crippen LogP contribution in [0.4, 0.5) is 11.4 Å². The number of hydrogen-bond acceptors (Lipinski definition) is 7. The molecule has 0 aliphatic rings. The molecule has 0 aliphatic heterocycles. The van der Waals surface area contributed by atoms with Crippen LogP contribution in [0, 0.1) is 10.1 Å². The predicted octanol–water partition coefficient (Wildman–Crippen LogP) is 3.78. The number of thioether (sulfide) groups is 1. The number of nitro benzene ring substituents is 1. The van der Waals surface area contributed by atoms with Crippen LogP contribution in [0.15, 0.2) is 53.9 Å². The summed E-state index contributed by atoms with van der Waals surface area (Å²) >= 11 is 1.26. The standard InChI is InChI=1S/C19H20N6O3S/c1-3-12-24-17(14-8-10-20-11-9-14)22-23-19(24)29-13(2)18(26)21-15-6-4-5-7-16(15)25(27)28/h4-11,13H,3,12H2,1-2H3,(H,21,26). The second kappa shape index (κ2) is 9.28. The second-order valence-corrected chi connectivity index (χ2v) is 7.53. The maximum absolute atomic E-state index is 12.6. The Hall–Kier alpha value is -3.27. The Bertz CT molecular complexity index is 1010. The highest BCUT2D eigenvalue weighted by atomic mass is 32.2. The highest BCUT2D eigenvalue weighted by Gasteiger charge is 2.23. The number of anilines is 1. The SMILES string of the molecule is CCCn1c(SC(C)C(=O)Nc2ccccc2[N+](=O)[O-])nnc1-c1ccncc1.